The van der Waals surface area contributed by atoms with E-state index in [4.69, 9.17) is 15.6 Å². The number of carboxylic acids is 1. The van der Waals surface area contributed by atoms with Crippen LogP contribution in [0.1, 0.15) is 21.5 Å². The van der Waals surface area contributed by atoms with Crippen LogP contribution >= 0.6 is 0 Å². The second kappa shape index (κ2) is 7.78. The Hall–Kier alpha value is -3.34. The lowest BCUT2D eigenvalue weighted by Gasteiger charge is -2.07. The maximum absolute atomic E-state index is 10.9. The molecule has 0 radical (unpaired) electrons. The van der Waals surface area contributed by atoms with Crippen molar-refractivity contribution >= 4 is 17.4 Å². The maximum Gasteiger partial charge on any atom is 0.335 e. The van der Waals surface area contributed by atoms with Gasteiger partial charge >= 0.3 is 5.97 Å². The van der Waals surface area contributed by atoms with Crippen LogP contribution in [-0.2, 0) is 0 Å². The Kier molecular flexibility index (Phi) is 5.52. The molecule has 0 aromatic heterocycles. The van der Waals surface area contributed by atoms with E-state index < -0.39 is 5.97 Å². The molecule has 0 aliphatic heterocycles. The summed E-state index contributed by atoms with van der Waals surface area (Å²) >= 11 is 0. The molecule has 5 nitrogen and oxygen atoms in total. The molecule has 0 aliphatic rings. The van der Waals surface area contributed by atoms with Gasteiger partial charge in [0.1, 0.15) is 5.75 Å². The van der Waals surface area contributed by atoms with Crippen molar-refractivity contribution in [3.8, 4) is 5.75 Å². The van der Waals surface area contributed by atoms with Crippen molar-refractivity contribution in [3.05, 3.63) is 84.1 Å². The average Bonchev–Trinajstić information content (AvgIpc) is 2.61. The first kappa shape index (κ1) is 17.0. The quantitative estimate of drug-likeness (QED) is 0.799. The van der Waals surface area contributed by atoms with E-state index in [1.54, 1.807) is 25.3 Å². The molecule has 0 bridgehead atoms. The van der Waals surface area contributed by atoms with E-state index in [-0.39, 0.29) is 5.56 Å². The number of methoxy groups -OCH3 is 1. The Labute approximate surface area is 140 Å². The molecule has 5 heteroatoms. The summed E-state index contributed by atoms with van der Waals surface area (Å²) in [7, 11) is 1.59. The molecule has 0 unspecified atom stereocenters. The van der Waals surface area contributed by atoms with Crippen LogP contribution in [-0.4, -0.2) is 23.9 Å². The Balaban J connectivity index is 2.36. The number of rotatable bonds is 6. The molecule has 0 fully saturated rings. The normalized spacial score (nSPS) is 11.5. The molecule has 2 rings (SSSR count). The molecule has 122 valence electrons. The molecular formula is C19H18N2O3. The van der Waals surface area contributed by atoms with Crippen molar-refractivity contribution in [2.75, 3.05) is 7.11 Å². The molecule has 3 N–H and O–H groups in total. The fourth-order valence-corrected chi connectivity index (χ4v) is 2.09. The number of ether oxygens (including phenoxy) is 1. The Bertz CT molecular complexity index is 806. The van der Waals surface area contributed by atoms with Crippen LogP contribution in [0.2, 0.25) is 0 Å². The zero-order chi connectivity index (χ0) is 17.5. The lowest BCUT2D eigenvalue weighted by Crippen LogP contribution is -2.01. The highest BCUT2D eigenvalue weighted by Crippen LogP contribution is 2.21. The molecule has 0 spiro atoms. The van der Waals surface area contributed by atoms with Gasteiger partial charge in [0, 0.05) is 11.1 Å². The summed E-state index contributed by atoms with van der Waals surface area (Å²) in [6.45, 7) is 3.98. The highest BCUT2D eigenvalue weighted by atomic mass is 16.5. The van der Waals surface area contributed by atoms with Crippen molar-refractivity contribution in [1.29, 1.82) is 0 Å². The van der Waals surface area contributed by atoms with Crippen LogP contribution in [0.3, 0.4) is 0 Å². The molecule has 0 heterocycles. The van der Waals surface area contributed by atoms with E-state index in [0.717, 1.165) is 11.1 Å². The summed E-state index contributed by atoms with van der Waals surface area (Å²) in [5.41, 5.74) is 8.40. The fourth-order valence-electron chi connectivity index (χ4n) is 2.09. The van der Waals surface area contributed by atoms with Gasteiger partial charge in [-0.25, -0.2) is 9.79 Å². The number of hydrogen-bond donors (Lipinski definition) is 2. The number of nitrogens with two attached hydrogens (primary N) is 1. The lowest BCUT2D eigenvalue weighted by atomic mass is 10.1. The van der Waals surface area contributed by atoms with Crippen molar-refractivity contribution < 1.29 is 14.6 Å². The number of hydrogen-bond acceptors (Lipinski definition) is 4. The van der Waals surface area contributed by atoms with E-state index in [0.29, 0.717) is 17.2 Å². The summed E-state index contributed by atoms with van der Waals surface area (Å²) in [5, 5.41) is 8.97. The van der Waals surface area contributed by atoms with Crippen LogP contribution < -0.4 is 10.5 Å². The van der Waals surface area contributed by atoms with Gasteiger partial charge in [0.15, 0.2) is 0 Å². The zero-order valence-electron chi connectivity index (χ0n) is 13.3. The van der Waals surface area contributed by atoms with Gasteiger partial charge < -0.3 is 15.6 Å². The first-order valence-corrected chi connectivity index (χ1v) is 7.19. The third kappa shape index (κ3) is 4.10. The average molecular weight is 322 g/mol. The Morgan fingerprint density at radius 2 is 1.83 bits per heavy atom. The maximum atomic E-state index is 10.9. The summed E-state index contributed by atoms with van der Waals surface area (Å²) in [6, 6.07) is 13.8. The van der Waals surface area contributed by atoms with E-state index in [1.165, 1.54) is 18.3 Å². The molecule has 2 aromatic rings. The minimum atomic E-state index is -0.977. The van der Waals surface area contributed by atoms with Crippen LogP contribution in [0.4, 0.5) is 0 Å². The van der Waals surface area contributed by atoms with Crippen LogP contribution in [0.25, 0.3) is 5.70 Å². The lowest BCUT2D eigenvalue weighted by molar-refractivity contribution is 0.0697. The van der Waals surface area contributed by atoms with Gasteiger partial charge in [-0.05, 0) is 36.5 Å². The van der Waals surface area contributed by atoms with Gasteiger partial charge in [-0.2, -0.15) is 0 Å². The summed E-state index contributed by atoms with van der Waals surface area (Å²) in [5.74, 6) is -0.263. The standard InChI is InChI=1S/C19H18N2O3/c1-13(16-4-3-5-17(12-16)24-2)21-18(10-11-20)14-6-8-15(9-7-14)19(22)23/h3-12H,1,20H2,2H3,(H,22,23)/b11-10-,21-18?. The number of nitrogens with zero attached hydrogens (tertiary/aromatic N) is 1. The van der Waals surface area contributed by atoms with Crippen molar-refractivity contribution in [2.45, 2.75) is 0 Å². The third-order valence-electron chi connectivity index (χ3n) is 3.34. The minimum absolute atomic E-state index is 0.210. The van der Waals surface area contributed by atoms with E-state index >= 15 is 0 Å². The Morgan fingerprint density at radius 1 is 1.17 bits per heavy atom. The first-order chi connectivity index (χ1) is 11.5. The van der Waals surface area contributed by atoms with Crippen LogP contribution in [0.5, 0.6) is 5.75 Å². The van der Waals surface area contributed by atoms with E-state index in [9.17, 15) is 4.79 Å². The number of allylic oxidation sites excluding steroid dienone is 1. The SMILES string of the molecule is C=C(N=C(/C=C\N)c1ccc(C(=O)O)cc1)c1cccc(OC)c1. The number of aromatic carboxylic acids is 1. The van der Waals surface area contributed by atoms with Gasteiger partial charge in [-0.15, -0.1) is 0 Å². The molecule has 0 amide bonds. The van der Waals surface area contributed by atoms with Crippen LogP contribution in [0, 0.1) is 0 Å². The predicted molar refractivity (Wildman–Crippen MR) is 95.3 cm³/mol. The van der Waals surface area contributed by atoms with Crippen molar-refractivity contribution in [3.63, 3.8) is 0 Å². The smallest absolute Gasteiger partial charge is 0.335 e. The molecule has 24 heavy (non-hydrogen) atoms. The summed E-state index contributed by atoms with van der Waals surface area (Å²) < 4.78 is 5.20. The largest absolute Gasteiger partial charge is 0.497 e. The topological polar surface area (TPSA) is 84.9 Å². The van der Waals surface area contributed by atoms with Gasteiger partial charge in [0.2, 0.25) is 0 Å². The molecule has 0 atom stereocenters. The highest BCUT2D eigenvalue weighted by molar-refractivity contribution is 6.11. The molecule has 2 aromatic carbocycles. The highest BCUT2D eigenvalue weighted by Gasteiger charge is 2.06. The first-order valence-electron chi connectivity index (χ1n) is 7.19. The molecule has 0 aliphatic carbocycles. The number of carboxylic acid groups (broad SMARTS) is 1. The molecule has 0 saturated carbocycles. The van der Waals surface area contributed by atoms with Crippen LogP contribution in [0.15, 0.2) is 72.4 Å². The van der Waals surface area contributed by atoms with E-state index in [1.807, 2.05) is 24.3 Å². The van der Waals surface area contributed by atoms with Gasteiger partial charge in [0.25, 0.3) is 0 Å². The van der Waals surface area contributed by atoms with Gasteiger partial charge in [-0.3, -0.25) is 0 Å². The predicted octanol–water partition coefficient (Wildman–Crippen LogP) is 3.33. The Morgan fingerprint density at radius 3 is 2.42 bits per heavy atom. The van der Waals surface area contributed by atoms with Gasteiger partial charge in [0.05, 0.1) is 24.1 Å². The summed E-state index contributed by atoms with van der Waals surface area (Å²) in [6.07, 6.45) is 3.02. The third-order valence-corrected chi connectivity index (χ3v) is 3.34. The number of carbonyl (C=O) groups is 1. The number of benzene rings is 2. The van der Waals surface area contributed by atoms with Crippen molar-refractivity contribution in [1.82, 2.24) is 0 Å². The van der Waals surface area contributed by atoms with Gasteiger partial charge in [-0.1, -0.05) is 30.8 Å². The second-order valence-corrected chi connectivity index (χ2v) is 4.92. The molecule has 0 saturated heterocycles. The number of aliphatic imine (C=N–C) groups is 1. The summed E-state index contributed by atoms with van der Waals surface area (Å²) in [4.78, 5) is 15.4. The molecular weight excluding hydrogens is 304 g/mol. The minimum Gasteiger partial charge on any atom is -0.497 e. The van der Waals surface area contributed by atoms with E-state index in [2.05, 4.69) is 11.6 Å². The fraction of sp³-hybridized carbons (Fsp3) is 0.0526. The monoisotopic (exact) mass is 322 g/mol. The second-order valence-electron chi connectivity index (χ2n) is 4.92. The zero-order valence-corrected chi connectivity index (χ0v) is 13.3. The van der Waals surface area contributed by atoms with Crippen molar-refractivity contribution in [2.24, 2.45) is 10.7 Å².